The van der Waals surface area contributed by atoms with E-state index in [0.717, 1.165) is 17.8 Å². The fraction of sp³-hybridized carbons (Fsp3) is 0.400. The Morgan fingerprint density at radius 2 is 1.77 bits per heavy atom. The van der Waals surface area contributed by atoms with Crippen LogP contribution >= 0.6 is 22.7 Å². The minimum absolute atomic E-state index is 0.257. The largest absolute Gasteiger partial charge is 0.281 e. The van der Waals surface area contributed by atoms with Crippen LogP contribution in [-0.2, 0) is 12.8 Å². The van der Waals surface area contributed by atoms with E-state index in [2.05, 4.69) is 15.8 Å². The Hall–Kier alpha value is -1.73. The Kier molecular flexibility index (Phi) is 4.54. The van der Waals surface area contributed by atoms with Crippen molar-refractivity contribution >= 4 is 34.5 Å². The van der Waals surface area contributed by atoms with Crippen molar-refractivity contribution in [3.63, 3.8) is 0 Å². The molecule has 2 amide bonds. The Bertz CT molecular complexity index is 682. The second-order valence-corrected chi connectivity index (χ2v) is 7.64. The van der Waals surface area contributed by atoms with Crippen LogP contribution in [0.15, 0.2) is 12.3 Å². The summed E-state index contributed by atoms with van der Waals surface area (Å²) in [5.74, 6) is -0.593. The molecule has 1 aliphatic carbocycles. The highest BCUT2D eigenvalue weighted by Gasteiger charge is 2.17. The van der Waals surface area contributed by atoms with Gasteiger partial charge in [-0.15, -0.1) is 22.7 Å². The maximum Gasteiger partial charge on any atom is 0.281 e. The first-order chi connectivity index (χ1) is 10.6. The van der Waals surface area contributed by atoms with E-state index < -0.39 is 0 Å². The first-order valence-corrected chi connectivity index (χ1v) is 8.91. The average Bonchev–Trinajstić information content (AvgIpc) is 3.06. The molecular formula is C15H17N3O2S2. The van der Waals surface area contributed by atoms with E-state index in [4.69, 9.17) is 0 Å². The lowest BCUT2D eigenvalue weighted by Gasteiger charge is -2.04. The number of amides is 2. The van der Waals surface area contributed by atoms with E-state index in [1.807, 2.05) is 13.0 Å². The van der Waals surface area contributed by atoms with Crippen molar-refractivity contribution in [2.45, 2.75) is 39.0 Å². The molecule has 0 aromatic carbocycles. The summed E-state index contributed by atoms with van der Waals surface area (Å²) in [6.45, 7) is 1.83. The average molecular weight is 335 g/mol. The van der Waals surface area contributed by atoms with Crippen molar-refractivity contribution < 1.29 is 9.59 Å². The first kappa shape index (κ1) is 15.2. The van der Waals surface area contributed by atoms with Crippen LogP contribution < -0.4 is 10.9 Å². The molecule has 1 aliphatic rings. The third kappa shape index (κ3) is 3.36. The van der Waals surface area contributed by atoms with E-state index >= 15 is 0 Å². The molecule has 0 radical (unpaired) electrons. The molecule has 0 saturated carbocycles. The van der Waals surface area contributed by atoms with Crippen LogP contribution in [0.3, 0.4) is 0 Å². The number of carbonyl (C=O) groups excluding carboxylic acids is 2. The van der Waals surface area contributed by atoms with Gasteiger partial charge in [0, 0.05) is 4.88 Å². The molecule has 2 N–H and O–H groups in total. The maximum absolute atomic E-state index is 12.2. The zero-order valence-electron chi connectivity index (χ0n) is 12.3. The SMILES string of the molecule is Cc1ncc(C(=O)NNC(=O)c2cc3c(s2)CCCCC3)s1. The number of hydrogen-bond acceptors (Lipinski definition) is 5. The minimum atomic E-state index is -0.336. The highest BCUT2D eigenvalue weighted by atomic mass is 32.1. The Balaban J connectivity index is 1.61. The van der Waals surface area contributed by atoms with Crippen LogP contribution in [0.1, 0.15) is 54.1 Å². The number of rotatable bonds is 2. The number of aromatic nitrogens is 1. The van der Waals surface area contributed by atoms with Gasteiger partial charge >= 0.3 is 0 Å². The quantitative estimate of drug-likeness (QED) is 0.655. The zero-order valence-corrected chi connectivity index (χ0v) is 13.9. The van der Waals surface area contributed by atoms with Crippen LogP contribution in [-0.4, -0.2) is 16.8 Å². The Morgan fingerprint density at radius 3 is 2.50 bits per heavy atom. The molecular weight excluding hydrogens is 318 g/mol. The van der Waals surface area contributed by atoms with Gasteiger partial charge in [-0.1, -0.05) is 6.42 Å². The molecule has 2 aromatic heterocycles. The molecule has 2 aromatic rings. The molecule has 0 atom stereocenters. The van der Waals surface area contributed by atoms with Crippen molar-refractivity contribution in [3.05, 3.63) is 37.5 Å². The summed E-state index contributed by atoms with van der Waals surface area (Å²) in [4.78, 5) is 30.5. The van der Waals surface area contributed by atoms with Gasteiger partial charge in [0.25, 0.3) is 11.8 Å². The molecule has 116 valence electrons. The van der Waals surface area contributed by atoms with E-state index in [1.54, 1.807) is 0 Å². The van der Waals surface area contributed by atoms with Crippen molar-refractivity contribution in [2.75, 3.05) is 0 Å². The predicted octanol–water partition coefficient (Wildman–Crippen LogP) is 2.86. The number of thiazole rings is 1. The highest BCUT2D eigenvalue weighted by molar-refractivity contribution is 7.14. The predicted molar refractivity (Wildman–Crippen MR) is 87.4 cm³/mol. The zero-order chi connectivity index (χ0) is 15.5. The summed E-state index contributed by atoms with van der Waals surface area (Å²) in [5.41, 5.74) is 6.21. The minimum Gasteiger partial charge on any atom is -0.266 e. The molecule has 22 heavy (non-hydrogen) atoms. The standard InChI is InChI=1S/C15H17N3O2S2/c1-9-16-8-13(21-9)15(20)18-17-14(19)12-7-10-5-3-2-4-6-11(10)22-12/h7-8H,2-6H2,1H3,(H,17,19)(H,18,20). The molecule has 0 saturated heterocycles. The number of carbonyl (C=O) groups is 2. The maximum atomic E-state index is 12.2. The molecule has 0 bridgehead atoms. The van der Waals surface area contributed by atoms with Gasteiger partial charge in [0.15, 0.2) is 0 Å². The molecule has 5 nitrogen and oxygen atoms in total. The summed E-state index contributed by atoms with van der Waals surface area (Å²) in [6.07, 6.45) is 7.25. The van der Waals surface area contributed by atoms with Gasteiger partial charge in [-0.2, -0.15) is 0 Å². The van der Waals surface area contributed by atoms with Crippen LogP contribution in [0, 0.1) is 6.92 Å². The summed E-state index contributed by atoms with van der Waals surface area (Å²) in [6, 6.07) is 1.96. The number of nitrogens with zero attached hydrogens (tertiary/aromatic N) is 1. The number of thiophene rings is 1. The normalized spacial score (nSPS) is 14.0. The number of hydrazine groups is 1. The first-order valence-electron chi connectivity index (χ1n) is 7.28. The van der Waals surface area contributed by atoms with Crippen LogP contribution in [0.25, 0.3) is 0 Å². The van der Waals surface area contributed by atoms with Gasteiger partial charge in [-0.3, -0.25) is 20.4 Å². The molecule has 3 rings (SSSR count). The van der Waals surface area contributed by atoms with Gasteiger partial charge in [0.1, 0.15) is 4.88 Å². The lowest BCUT2D eigenvalue weighted by molar-refractivity contribution is 0.0851. The molecule has 2 heterocycles. The van der Waals surface area contributed by atoms with Gasteiger partial charge in [-0.25, -0.2) is 4.98 Å². The van der Waals surface area contributed by atoms with Gasteiger partial charge in [0.05, 0.1) is 16.1 Å². The van der Waals surface area contributed by atoms with Gasteiger partial charge < -0.3 is 0 Å². The second-order valence-electron chi connectivity index (χ2n) is 5.27. The summed E-state index contributed by atoms with van der Waals surface area (Å²) in [7, 11) is 0. The van der Waals surface area contributed by atoms with Crippen LogP contribution in [0.2, 0.25) is 0 Å². The molecule has 0 aliphatic heterocycles. The smallest absolute Gasteiger partial charge is 0.266 e. The van der Waals surface area contributed by atoms with Gasteiger partial charge in [-0.05, 0) is 44.2 Å². The fourth-order valence-electron chi connectivity index (χ4n) is 2.48. The number of nitrogens with one attached hydrogen (secondary N) is 2. The number of aryl methyl sites for hydroxylation is 3. The van der Waals surface area contributed by atoms with Crippen molar-refractivity contribution in [2.24, 2.45) is 0 Å². The van der Waals surface area contributed by atoms with E-state index in [0.29, 0.717) is 9.75 Å². The van der Waals surface area contributed by atoms with Crippen LogP contribution in [0.5, 0.6) is 0 Å². The van der Waals surface area contributed by atoms with Crippen LogP contribution in [0.4, 0.5) is 0 Å². The van der Waals surface area contributed by atoms with E-state index in [-0.39, 0.29) is 11.8 Å². The third-order valence-electron chi connectivity index (χ3n) is 3.61. The van der Waals surface area contributed by atoms with E-state index in [9.17, 15) is 9.59 Å². The lowest BCUT2D eigenvalue weighted by Crippen LogP contribution is -2.41. The number of hydrogen-bond donors (Lipinski definition) is 2. The fourth-order valence-corrected chi connectivity index (χ4v) is 4.30. The molecule has 0 spiro atoms. The van der Waals surface area contributed by atoms with Gasteiger partial charge in [0.2, 0.25) is 0 Å². The number of fused-ring (bicyclic) bond motifs is 1. The summed E-state index contributed by atoms with van der Waals surface area (Å²) < 4.78 is 0. The summed E-state index contributed by atoms with van der Waals surface area (Å²) >= 11 is 2.83. The second kappa shape index (κ2) is 6.58. The third-order valence-corrected chi connectivity index (χ3v) is 5.75. The summed E-state index contributed by atoms with van der Waals surface area (Å²) in [5, 5.41) is 0.818. The Morgan fingerprint density at radius 1 is 1.05 bits per heavy atom. The lowest BCUT2D eigenvalue weighted by atomic mass is 10.1. The van der Waals surface area contributed by atoms with Crippen molar-refractivity contribution in [3.8, 4) is 0 Å². The van der Waals surface area contributed by atoms with E-state index in [1.165, 1.54) is 58.6 Å². The molecule has 0 unspecified atom stereocenters. The Labute approximate surface area is 136 Å². The topological polar surface area (TPSA) is 71.1 Å². The molecule has 7 heteroatoms. The molecule has 0 fully saturated rings. The monoisotopic (exact) mass is 335 g/mol. The van der Waals surface area contributed by atoms with Crippen molar-refractivity contribution in [1.82, 2.24) is 15.8 Å². The highest BCUT2D eigenvalue weighted by Crippen LogP contribution is 2.28. The van der Waals surface area contributed by atoms with Crippen molar-refractivity contribution in [1.29, 1.82) is 0 Å².